The fourth-order valence-corrected chi connectivity index (χ4v) is 3.52. The highest BCUT2D eigenvalue weighted by molar-refractivity contribution is 7.99. The second-order valence-corrected chi connectivity index (χ2v) is 7.32. The van der Waals surface area contributed by atoms with Crippen LogP contribution in [0.15, 0.2) is 75.0 Å². The van der Waals surface area contributed by atoms with E-state index in [4.69, 9.17) is 8.83 Å². The first-order valence-electron chi connectivity index (χ1n) is 8.86. The molecule has 3 aromatic heterocycles. The predicted octanol–water partition coefficient (Wildman–Crippen LogP) is 5.36. The Bertz CT molecular complexity index is 984. The number of imidazole rings is 1. The molecule has 3 heterocycles. The van der Waals surface area contributed by atoms with E-state index < -0.39 is 0 Å². The first-order valence-corrected chi connectivity index (χ1v) is 9.84. The summed E-state index contributed by atoms with van der Waals surface area (Å²) in [5.74, 6) is 1.91. The number of carbonyl (C=O) groups excluding carboxylic acids is 1. The monoisotopic (exact) mass is 393 g/mol. The van der Waals surface area contributed by atoms with Crippen LogP contribution in [0.5, 0.6) is 0 Å². The Morgan fingerprint density at radius 1 is 1.07 bits per heavy atom. The summed E-state index contributed by atoms with van der Waals surface area (Å²) in [5.41, 5.74) is 3.41. The number of carbonyl (C=O) groups is 1. The predicted molar refractivity (Wildman–Crippen MR) is 109 cm³/mol. The number of H-pyrrole nitrogens is 1. The highest BCUT2D eigenvalue weighted by Gasteiger charge is 2.18. The molecule has 0 aliphatic rings. The van der Waals surface area contributed by atoms with Gasteiger partial charge < -0.3 is 19.1 Å². The number of aryl methyl sites for hydroxylation is 1. The Hall–Kier alpha value is -3.19. The van der Waals surface area contributed by atoms with Crippen molar-refractivity contribution in [1.82, 2.24) is 9.97 Å². The Labute approximate surface area is 166 Å². The third-order valence-electron chi connectivity index (χ3n) is 4.11. The molecule has 0 unspecified atom stereocenters. The largest absolute Gasteiger partial charge is 0.463 e. The molecule has 0 saturated heterocycles. The van der Waals surface area contributed by atoms with E-state index in [1.165, 1.54) is 11.8 Å². The van der Waals surface area contributed by atoms with E-state index in [1.807, 2.05) is 55.5 Å². The van der Waals surface area contributed by atoms with E-state index in [1.54, 1.807) is 12.5 Å². The van der Waals surface area contributed by atoms with Crippen molar-refractivity contribution in [3.63, 3.8) is 0 Å². The number of rotatable bonds is 7. The molecule has 0 aliphatic carbocycles. The lowest BCUT2D eigenvalue weighted by atomic mass is 10.2. The van der Waals surface area contributed by atoms with Gasteiger partial charge in [-0.25, -0.2) is 4.98 Å². The van der Waals surface area contributed by atoms with Crippen LogP contribution in [0.1, 0.15) is 12.0 Å². The normalized spacial score (nSPS) is 10.9. The van der Waals surface area contributed by atoms with Crippen LogP contribution in [-0.2, 0) is 4.79 Å². The molecule has 4 rings (SSSR count). The first-order chi connectivity index (χ1) is 13.7. The van der Waals surface area contributed by atoms with Crippen molar-refractivity contribution in [3.05, 3.63) is 66.6 Å². The molecule has 28 heavy (non-hydrogen) atoms. The van der Waals surface area contributed by atoms with E-state index >= 15 is 0 Å². The number of benzene rings is 1. The molecule has 0 spiro atoms. The molecule has 0 radical (unpaired) electrons. The van der Waals surface area contributed by atoms with Gasteiger partial charge in [-0.05, 0) is 43.3 Å². The number of amides is 1. The van der Waals surface area contributed by atoms with Crippen molar-refractivity contribution in [2.45, 2.75) is 18.5 Å². The summed E-state index contributed by atoms with van der Waals surface area (Å²) in [6.07, 6.45) is 3.61. The first kappa shape index (κ1) is 18.2. The molecule has 0 aliphatic heterocycles. The Kier molecular flexibility index (Phi) is 5.34. The van der Waals surface area contributed by atoms with E-state index in [2.05, 4.69) is 15.3 Å². The molecule has 1 amide bonds. The molecule has 142 valence electrons. The lowest BCUT2D eigenvalue weighted by molar-refractivity contribution is -0.115. The quantitative estimate of drug-likeness (QED) is 0.413. The standard InChI is InChI=1S/C21H19N3O3S/c1-14-6-8-15(9-7-14)22-18(25)10-13-28-21-23-19(16-4-2-11-26-16)20(24-21)17-5-3-12-27-17/h2-9,11-12H,10,13H2,1H3,(H,22,25)(H,23,24). The molecule has 7 heteroatoms. The number of aromatic amines is 1. The maximum absolute atomic E-state index is 12.1. The van der Waals surface area contributed by atoms with Gasteiger partial charge in [0.15, 0.2) is 16.7 Å². The molecule has 2 N–H and O–H groups in total. The van der Waals surface area contributed by atoms with Gasteiger partial charge in [0.2, 0.25) is 5.91 Å². The minimum Gasteiger partial charge on any atom is -0.463 e. The van der Waals surface area contributed by atoms with Crippen molar-refractivity contribution in [3.8, 4) is 22.9 Å². The number of thioether (sulfide) groups is 1. The van der Waals surface area contributed by atoms with Crippen LogP contribution < -0.4 is 5.32 Å². The van der Waals surface area contributed by atoms with Gasteiger partial charge in [0.1, 0.15) is 11.4 Å². The van der Waals surface area contributed by atoms with Crippen LogP contribution in [0.4, 0.5) is 5.69 Å². The van der Waals surface area contributed by atoms with Crippen LogP contribution in [-0.4, -0.2) is 21.6 Å². The number of furan rings is 2. The minimum absolute atomic E-state index is 0.0274. The summed E-state index contributed by atoms with van der Waals surface area (Å²) >= 11 is 1.48. The Balaban J connectivity index is 1.40. The molecule has 1 aromatic carbocycles. The SMILES string of the molecule is Cc1ccc(NC(=O)CCSc2nc(-c3ccco3)c(-c3ccco3)[nH]2)cc1. The van der Waals surface area contributed by atoms with Gasteiger partial charge in [-0.1, -0.05) is 29.5 Å². The zero-order valence-electron chi connectivity index (χ0n) is 15.3. The molecule has 4 aromatic rings. The number of hydrogen-bond acceptors (Lipinski definition) is 5. The van der Waals surface area contributed by atoms with Gasteiger partial charge >= 0.3 is 0 Å². The molecule has 6 nitrogen and oxygen atoms in total. The summed E-state index contributed by atoms with van der Waals surface area (Å²) in [6.45, 7) is 2.01. The molecule has 0 fully saturated rings. The van der Waals surface area contributed by atoms with Crippen molar-refractivity contribution in [2.75, 3.05) is 11.1 Å². The molecular formula is C21H19N3O3S. The van der Waals surface area contributed by atoms with Crippen molar-refractivity contribution < 1.29 is 13.6 Å². The molecule has 0 atom stereocenters. The number of nitrogens with one attached hydrogen (secondary N) is 2. The number of nitrogens with zero attached hydrogens (tertiary/aromatic N) is 1. The molecular weight excluding hydrogens is 374 g/mol. The molecule has 0 bridgehead atoms. The minimum atomic E-state index is -0.0274. The fraction of sp³-hybridized carbons (Fsp3) is 0.143. The lowest BCUT2D eigenvalue weighted by Gasteiger charge is -2.04. The highest BCUT2D eigenvalue weighted by atomic mass is 32.2. The zero-order chi connectivity index (χ0) is 19.3. The summed E-state index contributed by atoms with van der Waals surface area (Å²) in [5, 5.41) is 3.61. The second-order valence-electron chi connectivity index (χ2n) is 6.23. The summed E-state index contributed by atoms with van der Waals surface area (Å²) in [4.78, 5) is 20.0. The summed E-state index contributed by atoms with van der Waals surface area (Å²) < 4.78 is 11.0. The van der Waals surface area contributed by atoms with Crippen molar-refractivity contribution in [2.24, 2.45) is 0 Å². The van der Waals surface area contributed by atoms with Crippen molar-refractivity contribution in [1.29, 1.82) is 0 Å². The smallest absolute Gasteiger partial charge is 0.225 e. The van der Waals surface area contributed by atoms with Crippen LogP contribution in [0.25, 0.3) is 22.9 Å². The van der Waals surface area contributed by atoms with Crippen molar-refractivity contribution >= 4 is 23.4 Å². The van der Waals surface area contributed by atoms with E-state index in [0.717, 1.165) is 16.9 Å². The van der Waals surface area contributed by atoms with Gasteiger partial charge in [-0.3, -0.25) is 4.79 Å². The van der Waals surface area contributed by atoms with Crippen LogP contribution in [0.2, 0.25) is 0 Å². The average Bonchev–Trinajstić information content (AvgIpc) is 3.44. The fourth-order valence-electron chi connectivity index (χ4n) is 2.71. The maximum atomic E-state index is 12.1. The Morgan fingerprint density at radius 3 is 2.46 bits per heavy atom. The van der Waals surface area contributed by atoms with Gasteiger partial charge in [-0.15, -0.1) is 0 Å². The van der Waals surface area contributed by atoms with E-state index in [0.29, 0.717) is 34.5 Å². The molecule has 0 saturated carbocycles. The Morgan fingerprint density at radius 2 is 1.79 bits per heavy atom. The second kappa shape index (κ2) is 8.22. The van der Waals surface area contributed by atoms with Gasteiger partial charge in [0.25, 0.3) is 0 Å². The number of anilines is 1. The highest BCUT2D eigenvalue weighted by Crippen LogP contribution is 2.33. The van der Waals surface area contributed by atoms with Gasteiger partial charge in [-0.2, -0.15) is 0 Å². The van der Waals surface area contributed by atoms with E-state index in [-0.39, 0.29) is 5.91 Å². The van der Waals surface area contributed by atoms with Gasteiger partial charge in [0.05, 0.1) is 12.5 Å². The topological polar surface area (TPSA) is 84.1 Å². The summed E-state index contributed by atoms with van der Waals surface area (Å²) in [7, 11) is 0. The van der Waals surface area contributed by atoms with Crippen LogP contribution in [0, 0.1) is 6.92 Å². The van der Waals surface area contributed by atoms with Gasteiger partial charge in [0, 0.05) is 17.9 Å². The third-order valence-corrected chi connectivity index (χ3v) is 4.98. The zero-order valence-corrected chi connectivity index (χ0v) is 16.1. The van der Waals surface area contributed by atoms with Crippen LogP contribution >= 0.6 is 11.8 Å². The third kappa shape index (κ3) is 4.20. The number of hydrogen-bond donors (Lipinski definition) is 2. The van der Waals surface area contributed by atoms with E-state index in [9.17, 15) is 4.79 Å². The van der Waals surface area contributed by atoms with Crippen LogP contribution in [0.3, 0.4) is 0 Å². The lowest BCUT2D eigenvalue weighted by Crippen LogP contribution is -2.12. The summed E-state index contributed by atoms with van der Waals surface area (Å²) in [6, 6.07) is 15.1. The average molecular weight is 393 g/mol. The number of aromatic nitrogens is 2. The maximum Gasteiger partial charge on any atom is 0.225 e.